The van der Waals surface area contributed by atoms with Crippen LogP contribution in [0.5, 0.6) is 5.75 Å². The van der Waals surface area contributed by atoms with E-state index in [1.165, 1.54) is 0 Å². The third-order valence-corrected chi connectivity index (χ3v) is 9.57. The molecule has 0 radical (unpaired) electrons. The van der Waals surface area contributed by atoms with Gasteiger partial charge in [-0.2, -0.15) is 0 Å². The zero-order chi connectivity index (χ0) is 31.4. The zero-order valence-corrected chi connectivity index (χ0v) is 26.3. The molecule has 1 amide bonds. The topological polar surface area (TPSA) is 79.0 Å². The van der Waals surface area contributed by atoms with Crippen LogP contribution in [-0.4, -0.2) is 39.9 Å². The van der Waals surface area contributed by atoms with Gasteiger partial charge in [-0.1, -0.05) is 84.9 Å². The lowest BCUT2D eigenvalue weighted by Gasteiger charge is -2.37. The fourth-order valence-electron chi connectivity index (χ4n) is 6.02. The van der Waals surface area contributed by atoms with Gasteiger partial charge in [-0.05, 0) is 72.4 Å². The summed E-state index contributed by atoms with van der Waals surface area (Å²) in [5, 5.41) is 1.78. The Morgan fingerprint density at radius 2 is 1.53 bits per heavy atom. The molecule has 45 heavy (non-hydrogen) atoms. The fourth-order valence-corrected chi connectivity index (χ4v) is 7.28. The number of sulfonamides is 1. The Balaban J connectivity index is 1.36. The summed E-state index contributed by atoms with van der Waals surface area (Å²) in [5.41, 5.74) is 3.54. The number of ether oxygens (including phenoxy) is 1. The van der Waals surface area contributed by atoms with Crippen molar-refractivity contribution in [3.8, 4) is 5.75 Å². The van der Waals surface area contributed by atoms with Crippen LogP contribution in [0, 0.1) is 0 Å². The second-order valence-corrected chi connectivity index (χ2v) is 13.4. The normalized spacial score (nSPS) is 15.3. The van der Waals surface area contributed by atoms with Gasteiger partial charge < -0.3 is 14.5 Å². The molecule has 0 saturated heterocycles. The lowest BCUT2D eigenvalue weighted by molar-refractivity contribution is -0.119. The van der Waals surface area contributed by atoms with Crippen LogP contribution in [0.15, 0.2) is 126 Å². The first-order valence-electron chi connectivity index (χ1n) is 15.1. The molecule has 2 unspecified atom stereocenters. The Hall–Kier alpha value is -4.50. The maximum atomic E-state index is 14.5. The third kappa shape index (κ3) is 6.93. The van der Waals surface area contributed by atoms with Gasteiger partial charge in [-0.3, -0.25) is 4.79 Å². The van der Waals surface area contributed by atoms with Crippen LogP contribution in [0.2, 0.25) is 0 Å². The highest BCUT2D eigenvalue weighted by Crippen LogP contribution is 2.40. The van der Waals surface area contributed by atoms with E-state index < -0.39 is 16.1 Å². The number of hydrogen-bond acceptors (Lipinski definition) is 5. The summed E-state index contributed by atoms with van der Waals surface area (Å²) >= 11 is 0. The summed E-state index contributed by atoms with van der Waals surface area (Å²) in [5.74, 6) is 0.575. The Morgan fingerprint density at radius 3 is 2.27 bits per heavy atom. The van der Waals surface area contributed by atoms with E-state index in [0.717, 1.165) is 39.9 Å². The van der Waals surface area contributed by atoms with Gasteiger partial charge >= 0.3 is 0 Å². The average Bonchev–Trinajstić information content (AvgIpc) is 3.05. The summed E-state index contributed by atoms with van der Waals surface area (Å²) in [6.45, 7) is 1.23. The number of carbonyl (C=O) groups excluding carboxylic acids is 1. The quantitative estimate of drug-likeness (QED) is 0.185. The van der Waals surface area contributed by atoms with E-state index in [1.807, 2.05) is 110 Å². The second kappa shape index (κ2) is 13.2. The molecule has 5 aromatic rings. The summed E-state index contributed by atoms with van der Waals surface area (Å²) in [6.07, 6.45) is 0.535. The van der Waals surface area contributed by atoms with E-state index in [2.05, 4.69) is 21.8 Å². The van der Waals surface area contributed by atoms with Gasteiger partial charge in [0.1, 0.15) is 5.75 Å². The third-order valence-electron chi connectivity index (χ3n) is 8.10. The molecule has 7 nitrogen and oxygen atoms in total. The van der Waals surface area contributed by atoms with Crippen molar-refractivity contribution in [2.75, 3.05) is 25.6 Å². The molecule has 230 valence electrons. The number of amides is 1. The first-order valence-corrected chi connectivity index (χ1v) is 16.6. The molecule has 8 heteroatoms. The minimum absolute atomic E-state index is 0.0736. The van der Waals surface area contributed by atoms with Crippen LogP contribution < -0.4 is 14.4 Å². The van der Waals surface area contributed by atoms with E-state index in [1.54, 1.807) is 18.2 Å². The second-order valence-electron chi connectivity index (χ2n) is 11.7. The van der Waals surface area contributed by atoms with Crippen molar-refractivity contribution < 1.29 is 17.9 Å². The molecule has 0 spiro atoms. The van der Waals surface area contributed by atoms with Gasteiger partial charge in [0.05, 0.1) is 23.6 Å². The summed E-state index contributed by atoms with van der Waals surface area (Å²) in [6, 6.07) is 36.7. The van der Waals surface area contributed by atoms with Crippen LogP contribution in [0.4, 0.5) is 5.69 Å². The number of benzene rings is 5. The molecule has 0 aromatic heterocycles. The van der Waals surface area contributed by atoms with E-state index in [0.29, 0.717) is 18.6 Å². The summed E-state index contributed by atoms with van der Waals surface area (Å²) in [4.78, 5) is 18.6. The number of para-hydroxylation sites is 1. The van der Waals surface area contributed by atoms with E-state index in [9.17, 15) is 13.2 Å². The molecule has 0 fully saturated rings. The molecule has 1 aliphatic rings. The minimum Gasteiger partial charge on any atom is -0.493 e. The Bertz CT molecular complexity index is 1900. The van der Waals surface area contributed by atoms with Gasteiger partial charge in [0.2, 0.25) is 15.9 Å². The molecule has 1 aliphatic heterocycles. The first-order chi connectivity index (χ1) is 21.8. The number of anilines is 1. The number of rotatable bonds is 10. The van der Waals surface area contributed by atoms with Crippen molar-refractivity contribution in [3.05, 3.63) is 138 Å². The van der Waals surface area contributed by atoms with Crippen molar-refractivity contribution in [2.45, 2.75) is 36.4 Å². The molecule has 1 N–H and O–H groups in total. The zero-order valence-electron chi connectivity index (χ0n) is 25.5. The van der Waals surface area contributed by atoms with Gasteiger partial charge in [-0.25, -0.2) is 13.1 Å². The van der Waals surface area contributed by atoms with Crippen molar-refractivity contribution in [3.63, 3.8) is 0 Å². The van der Waals surface area contributed by atoms with Crippen LogP contribution in [0.25, 0.3) is 10.8 Å². The Morgan fingerprint density at radius 1 is 0.844 bits per heavy atom. The summed E-state index contributed by atoms with van der Waals surface area (Å²) in [7, 11) is 0.0763. The van der Waals surface area contributed by atoms with Crippen molar-refractivity contribution in [2.24, 2.45) is 0 Å². The lowest BCUT2D eigenvalue weighted by Crippen LogP contribution is -2.40. The van der Waals surface area contributed by atoms with Crippen LogP contribution in [0.3, 0.4) is 0 Å². The number of nitrogens with one attached hydrogen (secondary N) is 1. The van der Waals surface area contributed by atoms with E-state index in [-0.39, 0.29) is 23.3 Å². The monoisotopic (exact) mass is 619 g/mol. The minimum atomic E-state index is -3.97. The van der Waals surface area contributed by atoms with Gasteiger partial charge in [-0.15, -0.1) is 0 Å². The van der Waals surface area contributed by atoms with E-state index in [4.69, 9.17) is 4.74 Å². The number of nitrogens with zero attached hydrogens (tertiary/aromatic N) is 2. The van der Waals surface area contributed by atoms with Gasteiger partial charge in [0.25, 0.3) is 0 Å². The standard InChI is InChI=1S/C37H37N3O4S/c1-39(2)26-27-17-20-36-33(23-27)35(21-22-44-36)40(31-15-7-4-8-16-31)37(41)25-34(29-12-5-3-6-13-29)38-45(42,43)32-19-18-28-11-9-10-14-30(28)24-32/h3-20,23-24,34-35,38H,21-22,25-26H2,1-2H3. The molecular formula is C37H37N3O4S. The largest absolute Gasteiger partial charge is 0.493 e. The maximum Gasteiger partial charge on any atom is 0.241 e. The number of hydrogen-bond donors (Lipinski definition) is 1. The highest BCUT2D eigenvalue weighted by atomic mass is 32.2. The SMILES string of the molecule is CN(C)Cc1ccc2c(c1)C(N(C(=O)CC(NS(=O)(=O)c1ccc3ccccc3c1)c1ccccc1)c1ccccc1)CCO2. The number of carbonyl (C=O) groups is 1. The van der Waals surface area contributed by atoms with Crippen LogP contribution >= 0.6 is 0 Å². The fraction of sp³-hybridized carbons (Fsp3) is 0.216. The molecule has 0 aliphatic carbocycles. The first kappa shape index (κ1) is 30.5. The Kier molecular flexibility index (Phi) is 8.98. The van der Waals surface area contributed by atoms with Gasteiger partial charge in [0, 0.05) is 30.6 Å². The molecule has 0 bridgehead atoms. The molecule has 6 rings (SSSR count). The molecular weight excluding hydrogens is 582 g/mol. The Labute approximate surface area is 265 Å². The highest BCUT2D eigenvalue weighted by Gasteiger charge is 2.34. The summed E-state index contributed by atoms with van der Waals surface area (Å²) < 4.78 is 36.5. The van der Waals surface area contributed by atoms with Crippen LogP contribution in [-0.2, 0) is 21.4 Å². The average molecular weight is 620 g/mol. The smallest absolute Gasteiger partial charge is 0.241 e. The maximum absolute atomic E-state index is 14.5. The van der Waals surface area contributed by atoms with Crippen molar-refractivity contribution in [1.82, 2.24) is 9.62 Å². The van der Waals surface area contributed by atoms with Crippen molar-refractivity contribution >= 4 is 32.4 Å². The van der Waals surface area contributed by atoms with Crippen molar-refractivity contribution in [1.29, 1.82) is 0 Å². The highest BCUT2D eigenvalue weighted by molar-refractivity contribution is 7.89. The molecule has 0 saturated carbocycles. The predicted molar refractivity (Wildman–Crippen MR) is 179 cm³/mol. The van der Waals surface area contributed by atoms with Gasteiger partial charge in [0.15, 0.2) is 0 Å². The number of fused-ring (bicyclic) bond motifs is 2. The molecule has 5 aromatic carbocycles. The molecule has 1 heterocycles. The van der Waals surface area contributed by atoms with E-state index >= 15 is 0 Å². The molecule has 2 atom stereocenters. The predicted octanol–water partition coefficient (Wildman–Crippen LogP) is 6.87. The lowest BCUT2D eigenvalue weighted by atomic mass is 9.95. The van der Waals surface area contributed by atoms with Crippen LogP contribution in [0.1, 0.15) is 41.6 Å².